The Morgan fingerprint density at radius 1 is 1.14 bits per heavy atom. The van der Waals surface area contributed by atoms with Crippen molar-refractivity contribution in [1.82, 2.24) is 15.5 Å². The minimum Gasteiger partial charge on any atom is -0.339 e. The molecule has 4 nitrogen and oxygen atoms in total. The third kappa shape index (κ3) is 2.95. The number of rotatable bonds is 5. The van der Waals surface area contributed by atoms with Crippen LogP contribution >= 0.6 is 0 Å². The second-order valence-electron chi connectivity index (χ2n) is 5.27. The van der Waals surface area contributed by atoms with E-state index in [1.807, 2.05) is 31.3 Å². The fourth-order valence-corrected chi connectivity index (χ4v) is 2.37. The maximum Gasteiger partial charge on any atom is 0.227 e. The normalized spacial score (nSPS) is 12.7. The summed E-state index contributed by atoms with van der Waals surface area (Å²) < 4.78 is 5.37. The van der Waals surface area contributed by atoms with Crippen molar-refractivity contribution in [1.29, 1.82) is 0 Å². The van der Waals surface area contributed by atoms with Crippen LogP contribution in [-0.2, 0) is 6.42 Å². The Labute approximate surface area is 124 Å². The molecule has 0 spiro atoms. The van der Waals surface area contributed by atoms with E-state index in [0.717, 1.165) is 23.8 Å². The monoisotopic (exact) mass is 281 g/mol. The Balaban J connectivity index is 1.88. The zero-order valence-corrected chi connectivity index (χ0v) is 12.3. The predicted molar refractivity (Wildman–Crippen MR) is 84.1 cm³/mol. The van der Waals surface area contributed by atoms with Gasteiger partial charge in [-0.25, -0.2) is 0 Å². The third-order valence-electron chi connectivity index (χ3n) is 3.78. The van der Waals surface area contributed by atoms with Gasteiger partial charge in [-0.3, -0.25) is 0 Å². The van der Waals surface area contributed by atoms with Crippen LogP contribution in [0.3, 0.4) is 0 Å². The van der Waals surface area contributed by atoms with Crippen molar-refractivity contribution in [3.63, 3.8) is 0 Å². The molecular formula is C17H19N3O. The molecule has 0 radical (unpaired) electrons. The Hall–Kier alpha value is -2.20. The van der Waals surface area contributed by atoms with Gasteiger partial charge in [0.15, 0.2) is 0 Å². The summed E-state index contributed by atoms with van der Waals surface area (Å²) >= 11 is 0. The number of aryl methyl sites for hydroxylation is 1. The predicted octanol–water partition coefficient (Wildman–Crippen LogP) is 3.43. The van der Waals surface area contributed by atoms with Gasteiger partial charge < -0.3 is 9.84 Å². The zero-order chi connectivity index (χ0) is 14.7. The molecule has 0 saturated carbocycles. The van der Waals surface area contributed by atoms with Gasteiger partial charge in [-0.05, 0) is 31.2 Å². The van der Waals surface area contributed by atoms with Crippen molar-refractivity contribution in [3.8, 4) is 11.4 Å². The van der Waals surface area contributed by atoms with E-state index in [1.165, 1.54) is 5.39 Å². The summed E-state index contributed by atoms with van der Waals surface area (Å²) in [5.41, 5.74) is 1.02. The number of nitrogens with zero attached hydrogens (tertiary/aromatic N) is 2. The van der Waals surface area contributed by atoms with Gasteiger partial charge in [0.25, 0.3) is 0 Å². The lowest BCUT2D eigenvalue weighted by molar-refractivity contribution is 0.369. The average Bonchev–Trinajstić information content (AvgIpc) is 3.00. The van der Waals surface area contributed by atoms with Gasteiger partial charge in [-0.1, -0.05) is 47.6 Å². The van der Waals surface area contributed by atoms with Crippen LogP contribution in [-0.4, -0.2) is 23.2 Å². The molecule has 1 atom stereocenters. The van der Waals surface area contributed by atoms with Gasteiger partial charge in [0.2, 0.25) is 11.7 Å². The Bertz CT molecular complexity index is 730. The standard InChI is InChI=1S/C17H19N3O/c1-12(18-2)10-11-16-19-17(20-21-16)15-9-5-7-13-6-3-4-8-14(13)15/h3-9,12,18H,10-11H2,1-2H3. The SMILES string of the molecule is CNC(C)CCc1nc(-c2cccc3ccccc23)no1. The lowest BCUT2D eigenvalue weighted by Gasteiger charge is -2.06. The molecule has 21 heavy (non-hydrogen) atoms. The van der Waals surface area contributed by atoms with Crippen LogP contribution in [0.4, 0.5) is 0 Å². The molecule has 0 amide bonds. The van der Waals surface area contributed by atoms with Crippen molar-refractivity contribution >= 4 is 10.8 Å². The molecule has 3 rings (SSSR count). The summed E-state index contributed by atoms with van der Waals surface area (Å²) in [6.45, 7) is 2.14. The molecule has 2 aromatic carbocycles. The Morgan fingerprint density at radius 3 is 2.81 bits per heavy atom. The van der Waals surface area contributed by atoms with E-state index in [1.54, 1.807) is 0 Å². The van der Waals surface area contributed by atoms with E-state index >= 15 is 0 Å². The van der Waals surface area contributed by atoms with Crippen LogP contribution < -0.4 is 5.32 Å². The minimum atomic E-state index is 0.443. The van der Waals surface area contributed by atoms with Crippen LogP contribution in [0.5, 0.6) is 0 Å². The first-order chi connectivity index (χ1) is 10.3. The number of hydrogen-bond acceptors (Lipinski definition) is 4. The molecule has 0 bridgehead atoms. The highest BCUT2D eigenvalue weighted by molar-refractivity contribution is 5.94. The van der Waals surface area contributed by atoms with E-state index in [2.05, 4.69) is 40.6 Å². The van der Waals surface area contributed by atoms with E-state index < -0.39 is 0 Å². The highest BCUT2D eigenvalue weighted by atomic mass is 16.5. The summed E-state index contributed by atoms with van der Waals surface area (Å²) in [5.74, 6) is 1.36. The molecule has 1 N–H and O–H groups in total. The van der Waals surface area contributed by atoms with Gasteiger partial charge >= 0.3 is 0 Å². The van der Waals surface area contributed by atoms with E-state index in [0.29, 0.717) is 17.8 Å². The van der Waals surface area contributed by atoms with Crippen molar-refractivity contribution < 1.29 is 4.52 Å². The maximum absolute atomic E-state index is 5.37. The van der Waals surface area contributed by atoms with Crippen LogP contribution in [0.25, 0.3) is 22.2 Å². The number of nitrogens with one attached hydrogen (secondary N) is 1. The largest absolute Gasteiger partial charge is 0.339 e. The number of aromatic nitrogens is 2. The zero-order valence-electron chi connectivity index (χ0n) is 12.3. The molecule has 4 heteroatoms. The van der Waals surface area contributed by atoms with Crippen molar-refractivity contribution in [3.05, 3.63) is 48.4 Å². The van der Waals surface area contributed by atoms with Crippen molar-refractivity contribution in [2.24, 2.45) is 0 Å². The number of benzene rings is 2. The van der Waals surface area contributed by atoms with Gasteiger partial charge in [0.1, 0.15) is 0 Å². The molecule has 1 unspecified atom stereocenters. The summed E-state index contributed by atoms with van der Waals surface area (Å²) in [4.78, 5) is 4.53. The second kappa shape index (κ2) is 6.06. The molecule has 108 valence electrons. The molecule has 0 saturated heterocycles. The molecule has 0 aliphatic rings. The van der Waals surface area contributed by atoms with Crippen LogP contribution in [0.15, 0.2) is 47.0 Å². The number of hydrogen-bond donors (Lipinski definition) is 1. The van der Waals surface area contributed by atoms with E-state index in [9.17, 15) is 0 Å². The van der Waals surface area contributed by atoms with E-state index in [-0.39, 0.29) is 0 Å². The fraction of sp³-hybridized carbons (Fsp3) is 0.294. The lowest BCUT2D eigenvalue weighted by Crippen LogP contribution is -2.21. The van der Waals surface area contributed by atoms with Crippen molar-refractivity contribution in [2.75, 3.05) is 7.05 Å². The first-order valence-electron chi connectivity index (χ1n) is 7.26. The van der Waals surface area contributed by atoms with Gasteiger partial charge in [0, 0.05) is 18.0 Å². The first kappa shape index (κ1) is 13.8. The number of fused-ring (bicyclic) bond motifs is 1. The summed E-state index contributed by atoms with van der Waals surface area (Å²) in [7, 11) is 1.96. The van der Waals surface area contributed by atoms with Gasteiger partial charge in [-0.15, -0.1) is 0 Å². The van der Waals surface area contributed by atoms with Gasteiger partial charge in [0.05, 0.1) is 0 Å². The topological polar surface area (TPSA) is 51.0 Å². The Kier molecular flexibility index (Phi) is 3.97. The smallest absolute Gasteiger partial charge is 0.227 e. The lowest BCUT2D eigenvalue weighted by atomic mass is 10.0. The molecule has 3 aromatic rings. The molecular weight excluding hydrogens is 262 g/mol. The molecule has 0 aliphatic carbocycles. The maximum atomic E-state index is 5.37. The fourth-order valence-electron chi connectivity index (χ4n) is 2.37. The molecule has 1 aromatic heterocycles. The van der Waals surface area contributed by atoms with Crippen LogP contribution in [0, 0.1) is 0 Å². The minimum absolute atomic E-state index is 0.443. The molecule has 1 heterocycles. The quantitative estimate of drug-likeness (QED) is 0.778. The summed E-state index contributed by atoms with van der Waals surface area (Å²) in [6.07, 6.45) is 1.77. The first-order valence-corrected chi connectivity index (χ1v) is 7.26. The van der Waals surface area contributed by atoms with Crippen LogP contribution in [0.1, 0.15) is 19.2 Å². The van der Waals surface area contributed by atoms with E-state index in [4.69, 9.17) is 4.52 Å². The highest BCUT2D eigenvalue weighted by Crippen LogP contribution is 2.26. The van der Waals surface area contributed by atoms with Crippen molar-refractivity contribution in [2.45, 2.75) is 25.8 Å². The third-order valence-corrected chi connectivity index (χ3v) is 3.78. The Morgan fingerprint density at radius 2 is 1.95 bits per heavy atom. The van der Waals surface area contributed by atoms with Crippen LogP contribution in [0.2, 0.25) is 0 Å². The summed E-state index contributed by atoms with van der Waals surface area (Å²) in [6, 6.07) is 14.8. The average molecular weight is 281 g/mol. The van der Waals surface area contributed by atoms with Gasteiger partial charge in [-0.2, -0.15) is 4.98 Å². The molecule has 0 aliphatic heterocycles. The highest BCUT2D eigenvalue weighted by Gasteiger charge is 2.12. The molecule has 0 fully saturated rings. The second-order valence-corrected chi connectivity index (χ2v) is 5.27. The summed E-state index contributed by atoms with van der Waals surface area (Å²) in [5, 5.41) is 9.68.